The highest BCUT2D eigenvalue weighted by Gasteiger charge is 2.33. The van der Waals surface area contributed by atoms with Crippen molar-refractivity contribution in [3.05, 3.63) is 94.5 Å². The Labute approximate surface area is 234 Å². The molecule has 0 aromatic heterocycles. The monoisotopic (exact) mass is 599 g/mol. The third-order valence-corrected chi connectivity index (χ3v) is 8.58. The molecule has 3 rings (SSSR count). The molecule has 9 heteroatoms. The van der Waals surface area contributed by atoms with Gasteiger partial charge in [0.15, 0.2) is 0 Å². The van der Waals surface area contributed by atoms with E-state index in [0.717, 1.165) is 26.3 Å². The van der Waals surface area contributed by atoms with Crippen molar-refractivity contribution < 1.29 is 18.0 Å². The second-order valence-corrected chi connectivity index (χ2v) is 11.7. The van der Waals surface area contributed by atoms with Gasteiger partial charge in [-0.2, -0.15) is 0 Å². The molecule has 7 nitrogen and oxygen atoms in total. The number of nitrogens with one attached hydrogen (secondary N) is 1. The fraction of sp³-hybridized carbons (Fsp3) is 0.310. The molecule has 0 heterocycles. The van der Waals surface area contributed by atoms with Gasteiger partial charge in [-0.3, -0.25) is 13.9 Å². The highest BCUT2D eigenvalue weighted by molar-refractivity contribution is 9.10. The van der Waals surface area contributed by atoms with Crippen molar-refractivity contribution in [2.24, 2.45) is 0 Å². The molecule has 0 saturated heterocycles. The molecule has 38 heavy (non-hydrogen) atoms. The van der Waals surface area contributed by atoms with Gasteiger partial charge in [0.25, 0.3) is 10.0 Å². The average molecular weight is 601 g/mol. The third kappa shape index (κ3) is 7.23. The zero-order valence-electron chi connectivity index (χ0n) is 21.9. The Kier molecular flexibility index (Phi) is 10.5. The maximum absolute atomic E-state index is 14.0. The van der Waals surface area contributed by atoms with Gasteiger partial charge >= 0.3 is 0 Å². The highest BCUT2D eigenvalue weighted by atomic mass is 79.9. The van der Waals surface area contributed by atoms with Crippen LogP contribution in [0.3, 0.4) is 0 Å². The molecule has 3 aromatic rings. The third-order valence-electron chi connectivity index (χ3n) is 6.26. The summed E-state index contributed by atoms with van der Waals surface area (Å²) in [5, 5.41) is 2.90. The lowest BCUT2D eigenvalue weighted by Crippen LogP contribution is -2.52. The molecule has 0 aliphatic heterocycles. The number of hydrogen-bond donors (Lipinski definition) is 1. The lowest BCUT2D eigenvalue weighted by molar-refractivity contribution is -0.140. The van der Waals surface area contributed by atoms with E-state index in [4.69, 9.17) is 0 Å². The van der Waals surface area contributed by atoms with Crippen molar-refractivity contribution in [3.63, 3.8) is 0 Å². The van der Waals surface area contributed by atoms with Gasteiger partial charge in [-0.1, -0.05) is 72.2 Å². The molecule has 3 aromatic carbocycles. The summed E-state index contributed by atoms with van der Waals surface area (Å²) in [6.07, 6.45) is 1.15. The Hall–Kier alpha value is -3.17. The Bertz CT molecular complexity index is 1330. The Morgan fingerprint density at radius 3 is 2.16 bits per heavy atom. The van der Waals surface area contributed by atoms with Crippen molar-refractivity contribution in [3.8, 4) is 0 Å². The molecule has 2 amide bonds. The first-order valence-corrected chi connectivity index (χ1v) is 14.9. The Morgan fingerprint density at radius 2 is 1.55 bits per heavy atom. The molecule has 0 bridgehead atoms. The van der Waals surface area contributed by atoms with Gasteiger partial charge < -0.3 is 10.2 Å². The minimum atomic E-state index is -4.07. The molecular weight excluding hydrogens is 566 g/mol. The average Bonchev–Trinajstić information content (AvgIpc) is 2.92. The predicted molar refractivity (Wildman–Crippen MR) is 154 cm³/mol. The van der Waals surface area contributed by atoms with Gasteiger partial charge in [0.05, 0.1) is 10.6 Å². The summed E-state index contributed by atoms with van der Waals surface area (Å²) in [5.74, 6) is -0.716. The summed E-state index contributed by atoms with van der Waals surface area (Å²) in [5.41, 5.74) is 2.23. The van der Waals surface area contributed by atoms with E-state index < -0.39 is 28.5 Å². The van der Waals surface area contributed by atoms with Crippen LogP contribution in [0.25, 0.3) is 0 Å². The van der Waals surface area contributed by atoms with E-state index in [1.165, 1.54) is 17.0 Å². The number of carbonyl (C=O) groups is 2. The molecule has 0 unspecified atom stereocenters. The van der Waals surface area contributed by atoms with Crippen LogP contribution in [0.2, 0.25) is 0 Å². The Balaban J connectivity index is 2.04. The van der Waals surface area contributed by atoms with Crippen molar-refractivity contribution in [1.29, 1.82) is 0 Å². The number of hydrogen-bond acceptors (Lipinski definition) is 4. The summed E-state index contributed by atoms with van der Waals surface area (Å²) < 4.78 is 29.4. The van der Waals surface area contributed by atoms with E-state index in [2.05, 4.69) is 21.2 Å². The van der Waals surface area contributed by atoms with Crippen LogP contribution in [0.1, 0.15) is 37.8 Å². The van der Waals surface area contributed by atoms with Crippen LogP contribution < -0.4 is 9.62 Å². The lowest BCUT2D eigenvalue weighted by atomic mass is 10.1. The number of carbonyl (C=O) groups excluding carboxylic acids is 2. The van der Waals surface area contributed by atoms with E-state index in [-0.39, 0.29) is 17.3 Å². The van der Waals surface area contributed by atoms with Crippen molar-refractivity contribution in [2.75, 3.05) is 17.4 Å². The number of anilines is 1. The number of benzene rings is 3. The van der Waals surface area contributed by atoms with Crippen molar-refractivity contribution >= 4 is 43.5 Å². The maximum Gasteiger partial charge on any atom is 0.264 e. The number of halogens is 1. The molecule has 0 fully saturated rings. The van der Waals surface area contributed by atoms with Gasteiger partial charge in [0, 0.05) is 17.6 Å². The van der Waals surface area contributed by atoms with E-state index in [9.17, 15) is 18.0 Å². The SMILES string of the molecule is CCCNC(=O)[C@@H](CC)N(Cc1ccccc1C)C(=O)CN(c1ccc(Br)cc1)S(=O)(=O)c1ccccc1. The second-order valence-electron chi connectivity index (χ2n) is 8.96. The highest BCUT2D eigenvalue weighted by Crippen LogP contribution is 2.26. The molecule has 1 atom stereocenters. The fourth-order valence-electron chi connectivity index (χ4n) is 4.11. The van der Waals surface area contributed by atoms with Crippen LogP contribution in [-0.2, 0) is 26.2 Å². The van der Waals surface area contributed by atoms with Crippen molar-refractivity contribution in [2.45, 2.75) is 51.1 Å². The van der Waals surface area contributed by atoms with E-state index in [0.29, 0.717) is 18.7 Å². The van der Waals surface area contributed by atoms with Gasteiger partial charge in [0.1, 0.15) is 12.6 Å². The minimum Gasteiger partial charge on any atom is -0.354 e. The largest absolute Gasteiger partial charge is 0.354 e. The molecule has 0 radical (unpaired) electrons. The molecule has 0 spiro atoms. The fourth-order valence-corrected chi connectivity index (χ4v) is 5.81. The standard InChI is InChI=1S/C29H34BrN3O4S/c1-4-19-31-29(35)27(5-2)32(20-23-12-10-9-11-22(23)3)28(34)21-33(25-17-15-24(30)16-18-25)38(36,37)26-13-7-6-8-14-26/h6-18,27H,4-5,19-21H2,1-3H3,(H,31,35)/t27-/m1/s1. The Morgan fingerprint density at radius 1 is 0.921 bits per heavy atom. The zero-order chi connectivity index (χ0) is 27.7. The van der Waals surface area contributed by atoms with Crippen LogP contribution in [0.4, 0.5) is 5.69 Å². The summed E-state index contributed by atoms with van der Waals surface area (Å²) in [6, 6.07) is 21.7. The van der Waals surface area contributed by atoms with E-state index in [1.807, 2.05) is 45.0 Å². The molecule has 0 saturated carbocycles. The molecule has 1 N–H and O–H groups in total. The number of nitrogens with zero attached hydrogens (tertiary/aromatic N) is 2. The lowest BCUT2D eigenvalue weighted by Gasteiger charge is -2.33. The molecule has 202 valence electrons. The topological polar surface area (TPSA) is 86.8 Å². The van der Waals surface area contributed by atoms with Crippen molar-refractivity contribution in [1.82, 2.24) is 10.2 Å². The van der Waals surface area contributed by atoms with Crippen LogP contribution >= 0.6 is 15.9 Å². The van der Waals surface area contributed by atoms with Gasteiger partial charge in [-0.25, -0.2) is 8.42 Å². The number of rotatable bonds is 12. The first-order valence-electron chi connectivity index (χ1n) is 12.6. The smallest absolute Gasteiger partial charge is 0.264 e. The van der Waals surface area contributed by atoms with Crippen LogP contribution in [0, 0.1) is 6.92 Å². The molecular formula is C29H34BrN3O4S. The van der Waals surface area contributed by atoms with Crippen LogP contribution in [0.5, 0.6) is 0 Å². The number of aryl methyl sites for hydroxylation is 1. The molecule has 0 aliphatic rings. The van der Waals surface area contributed by atoms with E-state index >= 15 is 0 Å². The normalized spacial score (nSPS) is 12.0. The predicted octanol–water partition coefficient (Wildman–Crippen LogP) is 5.29. The van der Waals surface area contributed by atoms with E-state index in [1.54, 1.807) is 42.5 Å². The van der Waals surface area contributed by atoms with Crippen LogP contribution in [-0.4, -0.2) is 44.3 Å². The first-order chi connectivity index (χ1) is 18.2. The summed E-state index contributed by atoms with van der Waals surface area (Å²) in [4.78, 5) is 28.7. The second kappa shape index (κ2) is 13.6. The van der Waals surface area contributed by atoms with Gasteiger partial charge in [0.2, 0.25) is 11.8 Å². The summed E-state index contributed by atoms with van der Waals surface area (Å²) in [6.45, 7) is 5.98. The van der Waals surface area contributed by atoms with Gasteiger partial charge in [-0.15, -0.1) is 0 Å². The quantitative estimate of drug-likeness (QED) is 0.306. The minimum absolute atomic E-state index is 0.0777. The maximum atomic E-state index is 14.0. The molecule has 0 aliphatic carbocycles. The first kappa shape index (κ1) is 29.4. The zero-order valence-corrected chi connectivity index (χ0v) is 24.3. The van der Waals surface area contributed by atoms with Gasteiger partial charge in [-0.05, 0) is 67.3 Å². The summed E-state index contributed by atoms with van der Waals surface area (Å²) >= 11 is 3.39. The van der Waals surface area contributed by atoms with Crippen LogP contribution in [0.15, 0.2) is 88.2 Å². The summed E-state index contributed by atoms with van der Waals surface area (Å²) in [7, 11) is -4.07. The number of sulfonamides is 1. The number of amides is 2.